The van der Waals surface area contributed by atoms with Crippen LogP contribution in [0.4, 0.5) is 13.2 Å². The van der Waals surface area contributed by atoms with Crippen molar-refractivity contribution in [2.45, 2.75) is 50.2 Å². The normalized spacial score (nSPS) is 20.9. The van der Waals surface area contributed by atoms with Crippen molar-refractivity contribution in [1.82, 2.24) is 34.7 Å². The topological polar surface area (TPSA) is 126 Å². The van der Waals surface area contributed by atoms with Gasteiger partial charge in [0.1, 0.15) is 28.8 Å². The first-order valence-electron chi connectivity index (χ1n) is 10.9. The molecule has 0 aromatic carbocycles. The lowest BCUT2D eigenvalue weighted by atomic mass is 9.60. The van der Waals surface area contributed by atoms with Gasteiger partial charge in [0.15, 0.2) is 11.3 Å². The number of nitrogens with zero attached hydrogens (tertiary/aromatic N) is 7. The van der Waals surface area contributed by atoms with E-state index in [1.807, 2.05) is 13.0 Å². The number of nitrogens with one attached hydrogen (secondary N) is 1. The number of nitriles is 1. The highest BCUT2D eigenvalue weighted by molar-refractivity contribution is 5.80. The van der Waals surface area contributed by atoms with E-state index in [4.69, 9.17) is 4.98 Å². The van der Waals surface area contributed by atoms with Gasteiger partial charge in [-0.2, -0.15) is 23.5 Å². The van der Waals surface area contributed by atoms with Gasteiger partial charge in [0.25, 0.3) is 5.56 Å². The quantitative estimate of drug-likeness (QED) is 0.473. The molecule has 1 N–H and O–H groups in total. The minimum absolute atomic E-state index is 0.0263. The zero-order valence-corrected chi connectivity index (χ0v) is 18.7. The zero-order valence-electron chi connectivity index (χ0n) is 18.7. The summed E-state index contributed by atoms with van der Waals surface area (Å²) in [6.07, 6.45) is 1.43. The Hall–Kier alpha value is -4.14. The largest absolute Gasteiger partial charge is 0.433 e. The van der Waals surface area contributed by atoms with E-state index in [1.54, 1.807) is 25.4 Å². The Morgan fingerprint density at radius 2 is 2.00 bits per heavy atom. The molecule has 0 bridgehead atoms. The van der Waals surface area contributed by atoms with Crippen LogP contribution in [0.5, 0.6) is 0 Å². The molecule has 1 aliphatic rings. The monoisotopic (exact) mass is 480 g/mol. The molecule has 0 saturated heterocycles. The van der Waals surface area contributed by atoms with Gasteiger partial charge in [-0.1, -0.05) is 13.0 Å². The summed E-state index contributed by atoms with van der Waals surface area (Å²) < 4.78 is 40.1. The average Bonchev–Trinajstić information content (AvgIpc) is 3.22. The number of aromatic amines is 1. The third-order valence-electron chi connectivity index (χ3n) is 6.75. The summed E-state index contributed by atoms with van der Waals surface area (Å²) in [7, 11) is 0. The number of pyridine rings is 1. The molecular weight excluding hydrogens is 461 g/mol. The van der Waals surface area contributed by atoms with E-state index >= 15 is 0 Å². The Morgan fingerprint density at radius 3 is 2.57 bits per heavy atom. The van der Waals surface area contributed by atoms with Gasteiger partial charge in [-0.3, -0.25) is 9.78 Å². The molecular formula is C23H19F3N8O. The molecule has 178 valence electrons. The Balaban J connectivity index is 1.61. The van der Waals surface area contributed by atoms with Crippen LogP contribution >= 0.6 is 0 Å². The molecule has 1 fully saturated rings. The molecule has 35 heavy (non-hydrogen) atoms. The molecule has 4 aromatic heterocycles. The SMILES string of the molecule is C[C@@H](c1ccc(C(F)(F)F)nc1)n1nc(C#N)c2c(=O)[nH]c(C3(C)CCC3c3ncccn3)nc21. The first-order valence-corrected chi connectivity index (χ1v) is 10.9. The summed E-state index contributed by atoms with van der Waals surface area (Å²) in [6.45, 7) is 3.66. The minimum Gasteiger partial charge on any atom is -0.309 e. The summed E-state index contributed by atoms with van der Waals surface area (Å²) in [5.74, 6) is 1.01. The first-order chi connectivity index (χ1) is 16.6. The molecule has 0 radical (unpaired) electrons. The molecule has 0 amide bonds. The molecule has 9 nitrogen and oxygen atoms in total. The smallest absolute Gasteiger partial charge is 0.309 e. The third kappa shape index (κ3) is 3.63. The number of hydrogen-bond acceptors (Lipinski definition) is 7. The van der Waals surface area contributed by atoms with E-state index in [2.05, 4.69) is 25.0 Å². The highest BCUT2D eigenvalue weighted by Gasteiger charge is 2.48. The van der Waals surface area contributed by atoms with Crippen LogP contribution in [0.3, 0.4) is 0 Å². The third-order valence-corrected chi connectivity index (χ3v) is 6.75. The van der Waals surface area contributed by atoms with Crippen LogP contribution < -0.4 is 5.56 Å². The number of fused-ring (bicyclic) bond motifs is 1. The predicted molar refractivity (Wildman–Crippen MR) is 117 cm³/mol. The number of alkyl halides is 3. The molecule has 12 heteroatoms. The summed E-state index contributed by atoms with van der Waals surface area (Å²) in [6, 6.07) is 5.18. The van der Waals surface area contributed by atoms with Gasteiger partial charge in [0.2, 0.25) is 0 Å². The van der Waals surface area contributed by atoms with Crippen molar-refractivity contribution in [3.8, 4) is 6.07 Å². The van der Waals surface area contributed by atoms with Crippen LogP contribution in [0.2, 0.25) is 0 Å². The highest BCUT2D eigenvalue weighted by atomic mass is 19.4. The molecule has 1 saturated carbocycles. The van der Waals surface area contributed by atoms with Gasteiger partial charge in [0.05, 0.1) is 6.04 Å². The van der Waals surface area contributed by atoms with E-state index in [9.17, 15) is 23.2 Å². The molecule has 2 unspecified atom stereocenters. The molecule has 4 heterocycles. The number of rotatable bonds is 4. The lowest BCUT2D eigenvalue weighted by Gasteiger charge is -2.45. The minimum atomic E-state index is -4.56. The second-order valence-corrected chi connectivity index (χ2v) is 8.78. The van der Waals surface area contributed by atoms with E-state index in [0.29, 0.717) is 17.2 Å². The maximum Gasteiger partial charge on any atom is 0.433 e. The second-order valence-electron chi connectivity index (χ2n) is 8.78. The van der Waals surface area contributed by atoms with Crippen LogP contribution in [0.25, 0.3) is 11.0 Å². The van der Waals surface area contributed by atoms with E-state index in [1.165, 1.54) is 10.7 Å². The maximum atomic E-state index is 13.1. The maximum absolute atomic E-state index is 13.1. The number of aromatic nitrogens is 7. The van der Waals surface area contributed by atoms with Crippen LogP contribution in [0, 0.1) is 11.3 Å². The molecule has 3 atom stereocenters. The average molecular weight is 480 g/mol. The van der Waals surface area contributed by atoms with Crippen molar-refractivity contribution in [3.05, 3.63) is 75.7 Å². The van der Waals surface area contributed by atoms with Gasteiger partial charge < -0.3 is 4.98 Å². The van der Waals surface area contributed by atoms with Crippen LogP contribution in [-0.4, -0.2) is 34.7 Å². The fourth-order valence-corrected chi connectivity index (χ4v) is 4.54. The van der Waals surface area contributed by atoms with Crippen molar-refractivity contribution < 1.29 is 13.2 Å². The van der Waals surface area contributed by atoms with Gasteiger partial charge in [-0.15, -0.1) is 0 Å². The molecule has 0 aliphatic heterocycles. The summed E-state index contributed by atoms with van der Waals surface area (Å²) in [5.41, 5.74) is -1.59. The Morgan fingerprint density at radius 1 is 1.26 bits per heavy atom. The second kappa shape index (κ2) is 7.97. The fraction of sp³-hybridized carbons (Fsp3) is 0.348. The van der Waals surface area contributed by atoms with Gasteiger partial charge >= 0.3 is 6.18 Å². The van der Waals surface area contributed by atoms with E-state index < -0.39 is 28.9 Å². The fourth-order valence-electron chi connectivity index (χ4n) is 4.54. The van der Waals surface area contributed by atoms with Crippen LogP contribution in [0.1, 0.15) is 67.2 Å². The van der Waals surface area contributed by atoms with Crippen molar-refractivity contribution in [3.63, 3.8) is 0 Å². The highest BCUT2D eigenvalue weighted by Crippen LogP contribution is 2.52. The lowest BCUT2D eigenvalue weighted by Crippen LogP contribution is -2.43. The van der Waals surface area contributed by atoms with Crippen molar-refractivity contribution in [1.29, 1.82) is 5.26 Å². The lowest BCUT2D eigenvalue weighted by molar-refractivity contribution is -0.141. The van der Waals surface area contributed by atoms with Gasteiger partial charge in [0, 0.05) is 29.9 Å². The molecule has 5 rings (SSSR count). The molecule has 4 aromatic rings. The Kier molecular flexibility index (Phi) is 5.16. The van der Waals surface area contributed by atoms with Crippen molar-refractivity contribution >= 4 is 11.0 Å². The number of hydrogen-bond donors (Lipinski definition) is 1. The summed E-state index contributed by atoms with van der Waals surface area (Å²) in [4.78, 5) is 32.8. The first kappa shape index (κ1) is 22.6. The predicted octanol–water partition coefficient (Wildman–Crippen LogP) is 3.64. The van der Waals surface area contributed by atoms with Crippen molar-refractivity contribution in [2.24, 2.45) is 0 Å². The number of halogens is 3. The van der Waals surface area contributed by atoms with E-state index in [-0.39, 0.29) is 22.6 Å². The number of H-pyrrole nitrogens is 1. The summed E-state index contributed by atoms with van der Waals surface area (Å²) >= 11 is 0. The van der Waals surface area contributed by atoms with Gasteiger partial charge in [-0.25, -0.2) is 19.6 Å². The Labute approximate surface area is 196 Å². The standard InChI is InChI=1S/C23H19F3N8O/c1-12(13-4-5-16(30-11-13)23(24,25)26)34-19-17(15(10-27)33-34)20(35)32-21(31-19)22(2)7-6-14(22)18-28-8-3-9-29-18/h3-5,8-9,11-12,14H,6-7H2,1-2H3,(H,31,32,35)/t12-,14?,22?/m0/s1. The zero-order chi connectivity index (χ0) is 25.0. The van der Waals surface area contributed by atoms with Crippen LogP contribution in [0.15, 0.2) is 41.6 Å². The molecule has 1 aliphatic carbocycles. The van der Waals surface area contributed by atoms with Gasteiger partial charge in [-0.05, 0) is 37.5 Å². The molecule has 0 spiro atoms. The van der Waals surface area contributed by atoms with Crippen molar-refractivity contribution in [2.75, 3.05) is 0 Å². The Bertz CT molecular complexity index is 1500. The summed E-state index contributed by atoms with van der Waals surface area (Å²) in [5, 5.41) is 13.9. The van der Waals surface area contributed by atoms with Crippen LogP contribution in [-0.2, 0) is 11.6 Å². The van der Waals surface area contributed by atoms with E-state index in [0.717, 1.165) is 25.1 Å².